The molecule has 168 valence electrons. The van der Waals surface area contributed by atoms with Crippen molar-refractivity contribution in [1.29, 1.82) is 0 Å². The second-order valence-electron chi connectivity index (χ2n) is 7.23. The smallest absolute Gasteiger partial charge is 0.300 e. The van der Waals surface area contributed by atoms with Gasteiger partial charge in [-0.3, -0.25) is 19.5 Å². The SMILES string of the molecule is CCOc1cccc(N2C(=O)C(=O)/C(=C(/O)c3cc(F)ccc3OC)C2c2cccnc2)c1. The van der Waals surface area contributed by atoms with Crippen molar-refractivity contribution < 1.29 is 28.6 Å². The van der Waals surface area contributed by atoms with Gasteiger partial charge in [-0.05, 0) is 48.9 Å². The van der Waals surface area contributed by atoms with Crippen LogP contribution >= 0.6 is 0 Å². The summed E-state index contributed by atoms with van der Waals surface area (Å²) in [5.74, 6) is -2.24. The molecule has 0 bridgehead atoms. The number of ketones is 1. The molecule has 1 aliphatic heterocycles. The number of hydrogen-bond acceptors (Lipinski definition) is 6. The minimum absolute atomic E-state index is 0.0348. The van der Waals surface area contributed by atoms with Crippen molar-refractivity contribution in [2.45, 2.75) is 13.0 Å². The fourth-order valence-electron chi connectivity index (χ4n) is 3.85. The van der Waals surface area contributed by atoms with Crippen LogP contribution in [-0.2, 0) is 9.59 Å². The molecular formula is C25H21FN2O5. The maximum atomic E-state index is 14.0. The molecule has 1 N–H and O–H groups in total. The molecule has 0 saturated carbocycles. The van der Waals surface area contributed by atoms with Gasteiger partial charge in [-0.25, -0.2) is 4.39 Å². The lowest BCUT2D eigenvalue weighted by molar-refractivity contribution is -0.132. The molecule has 1 unspecified atom stereocenters. The van der Waals surface area contributed by atoms with Crippen LogP contribution in [0.4, 0.5) is 10.1 Å². The van der Waals surface area contributed by atoms with E-state index in [1.807, 2.05) is 6.92 Å². The number of nitrogens with zero attached hydrogens (tertiary/aromatic N) is 2. The molecular weight excluding hydrogens is 427 g/mol. The van der Waals surface area contributed by atoms with Crippen molar-refractivity contribution in [3.8, 4) is 11.5 Å². The number of aliphatic hydroxyl groups excluding tert-OH is 1. The Kier molecular flexibility index (Phi) is 6.08. The number of Topliss-reactive ketones (excluding diaryl/α,β-unsaturated/α-hetero) is 1. The summed E-state index contributed by atoms with van der Waals surface area (Å²) in [6.45, 7) is 2.26. The summed E-state index contributed by atoms with van der Waals surface area (Å²) >= 11 is 0. The van der Waals surface area contributed by atoms with E-state index in [2.05, 4.69) is 4.98 Å². The average Bonchev–Trinajstić information content (AvgIpc) is 3.10. The topological polar surface area (TPSA) is 89.0 Å². The Hall–Kier alpha value is -4.20. The first-order valence-electron chi connectivity index (χ1n) is 10.2. The molecule has 3 aromatic rings. The van der Waals surface area contributed by atoms with Gasteiger partial charge in [0, 0.05) is 24.1 Å². The maximum Gasteiger partial charge on any atom is 0.300 e. The molecule has 8 heteroatoms. The monoisotopic (exact) mass is 448 g/mol. The van der Waals surface area contributed by atoms with E-state index in [0.29, 0.717) is 23.6 Å². The standard InChI is InChI=1S/C25H21FN2O5/c1-3-33-18-8-4-7-17(13-18)28-22(15-6-5-11-27-14-15)21(24(30)25(28)31)23(29)19-12-16(26)9-10-20(19)32-2/h4-14,22,29H,3H2,1-2H3/b23-21+. The van der Waals surface area contributed by atoms with Crippen LogP contribution in [0.5, 0.6) is 11.5 Å². The number of rotatable bonds is 6. The summed E-state index contributed by atoms with van der Waals surface area (Å²) in [4.78, 5) is 31.8. The first kappa shape index (κ1) is 22.0. The molecule has 1 saturated heterocycles. The Morgan fingerprint density at radius 2 is 1.97 bits per heavy atom. The zero-order valence-corrected chi connectivity index (χ0v) is 18.0. The van der Waals surface area contributed by atoms with Gasteiger partial charge in [-0.15, -0.1) is 0 Å². The van der Waals surface area contributed by atoms with E-state index in [0.717, 1.165) is 6.07 Å². The quantitative estimate of drug-likeness (QED) is 0.345. The van der Waals surface area contributed by atoms with Crippen LogP contribution < -0.4 is 14.4 Å². The fraction of sp³-hybridized carbons (Fsp3) is 0.160. The lowest BCUT2D eigenvalue weighted by Crippen LogP contribution is -2.29. The molecule has 1 atom stereocenters. The normalized spacial score (nSPS) is 17.3. The van der Waals surface area contributed by atoms with E-state index in [9.17, 15) is 19.1 Å². The van der Waals surface area contributed by atoms with Crippen molar-refractivity contribution in [2.24, 2.45) is 0 Å². The van der Waals surface area contributed by atoms with E-state index in [4.69, 9.17) is 9.47 Å². The van der Waals surface area contributed by atoms with Gasteiger partial charge < -0.3 is 14.6 Å². The number of amides is 1. The molecule has 0 radical (unpaired) electrons. The molecule has 4 rings (SSSR count). The lowest BCUT2D eigenvalue weighted by atomic mass is 9.95. The zero-order chi connectivity index (χ0) is 23.5. The molecule has 2 heterocycles. The third-order valence-electron chi connectivity index (χ3n) is 5.27. The van der Waals surface area contributed by atoms with E-state index < -0.39 is 29.3 Å². The van der Waals surface area contributed by atoms with E-state index in [-0.39, 0.29) is 16.9 Å². The minimum Gasteiger partial charge on any atom is -0.507 e. The van der Waals surface area contributed by atoms with Crippen molar-refractivity contribution in [3.05, 3.63) is 89.5 Å². The molecule has 1 amide bonds. The van der Waals surface area contributed by atoms with Crippen molar-refractivity contribution >= 4 is 23.1 Å². The Morgan fingerprint density at radius 3 is 2.67 bits per heavy atom. The number of carbonyl (C=O) groups excluding carboxylic acids is 2. The number of anilines is 1. The first-order valence-corrected chi connectivity index (χ1v) is 10.2. The van der Waals surface area contributed by atoms with Crippen LogP contribution in [0.25, 0.3) is 5.76 Å². The number of halogens is 1. The molecule has 1 aliphatic rings. The summed E-state index contributed by atoms with van der Waals surface area (Å²) in [5.41, 5.74) is 0.670. The van der Waals surface area contributed by atoms with Gasteiger partial charge in [0.15, 0.2) is 0 Å². The van der Waals surface area contributed by atoms with Gasteiger partial charge in [0.05, 0.1) is 30.9 Å². The third kappa shape index (κ3) is 4.03. The van der Waals surface area contributed by atoms with Crippen molar-refractivity contribution in [2.75, 3.05) is 18.6 Å². The predicted molar refractivity (Wildman–Crippen MR) is 120 cm³/mol. The molecule has 1 aromatic heterocycles. The van der Waals surface area contributed by atoms with Crippen LogP contribution in [0.3, 0.4) is 0 Å². The fourth-order valence-corrected chi connectivity index (χ4v) is 3.85. The zero-order valence-electron chi connectivity index (χ0n) is 18.0. The van der Waals surface area contributed by atoms with E-state index in [1.165, 1.54) is 30.3 Å². The van der Waals surface area contributed by atoms with Crippen molar-refractivity contribution in [3.63, 3.8) is 0 Å². The van der Waals surface area contributed by atoms with Gasteiger partial charge in [-0.2, -0.15) is 0 Å². The van der Waals surface area contributed by atoms with Gasteiger partial charge in [0.2, 0.25) is 0 Å². The summed E-state index contributed by atoms with van der Waals surface area (Å²) < 4.78 is 24.8. The Bertz CT molecular complexity index is 1240. The second kappa shape index (κ2) is 9.12. The molecule has 0 spiro atoms. The van der Waals surface area contributed by atoms with Gasteiger partial charge in [0.1, 0.15) is 23.1 Å². The Balaban J connectivity index is 1.95. The van der Waals surface area contributed by atoms with Crippen LogP contribution in [0.15, 0.2) is 72.6 Å². The largest absolute Gasteiger partial charge is 0.507 e. The Morgan fingerprint density at radius 1 is 1.15 bits per heavy atom. The number of benzene rings is 2. The van der Waals surface area contributed by atoms with Crippen LogP contribution in [0.1, 0.15) is 24.1 Å². The number of ether oxygens (including phenoxy) is 2. The number of pyridine rings is 1. The van der Waals surface area contributed by atoms with Crippen LogP contribution in [-0.4, -0.2) is 35.5 Å². The van der Waals surface area contributed by atoms with E-state index in [1.54, 1.807) is 42.6 Å². The highest BCUT2D eigenvalue weighted by Crippen LogP contribution is 2.43. The minimum atomic E-state index is -0.997. The summed E-state index contributed by atoms with van der Waals surface area (Å²) in [7, 11) is 1.36. The predicted octanol–water partition coefficient (Wildman–Crippen LogP) is 4.25. The molecule has 0 aliphatic carbocycles. The third-order valence-corrected chi connectivity index (χ3v) is 5.27. The second-order valence-corrected chi connectivity index (χ2v) is 7.23. The van der Waals surface area contributed by atoms with Crippen molar-refractivity contribution in [1.82, 2.24) is 4.98 Å². The number of methoxy groups -OCH3 is 1. The molecule has 7 nitrogen and oxygen atoms in total. The molecule has 2 aromatic carbocycles. The maximum absolute atomic E-state index is 14.0. The number of carbonyl (C=O) groups is 2. The molecule has 1 fully saturated rings. The number of hydrogen-bond donors (Lipinski definition) is 1. The van der Waals surface area contributed by atoms with E-state index >= 15 is 0 Å². The highest BCUT2D eigenvalue weighted by atomic mass is 19.1. The lowest BCUT2D eigenvalue weighted by Gasteiger charge is -2.25. The highest BCUT2D eigenvalue weighted by Gasteiger charge is 2.47. The number of aliphatic hydroxyl groups is 1. The average molecular weight is 448 g/mol. The number of aromatic nitrogens is 1. The van der Waals surface area contributed by atoms with Crippen LogP contribution in [0, 0.1) is 5.82 Å². The summed E-state index contributed by atoms with van der Waals surface area (Å²) in [6, 6.07) is 12.7. The summed E-state index contributed by atoms with van der Waals surface area (Å²) in [5, 5.41) is 11.2. The highest BCUT2D eigenvalue weighted by molar-refractivity contribution is 6.51. The van der Waals surface area contributed by atoms with Crippen LogP contribution in [0.2, 0.25) is 0 Å². The van der Waals surface area contributed by atoms with Gasteiger partial charge >= 0.3 is 0 Å². The van der Waals surface area contributed by atoms with Gasteiger partial charge in [-0.1, -0.05) is 12.1 Å². The van der Waals surface area contributed by atoms with Gasteiger partial charge in [0.25, 0.3) is 11.7 Å². The Labute approximate surface area is 189 Å². The first-order chi connectivity index (χ1) is 16.0. The summed E-state index contributed by atoms with van der Waals surface area (Å²) in [6.07, 6.45) is 3.06. The molecule has 33 heavy (non-hydrogen) atoms.